The molecule has 0 amide bonds. The van der Waals surface area contributed by atoms with Gasteiger partial charge in [-0.1, -0.05) is 56.5 Å². The number of benzene rings is 1. The molecule has 0 heterocycles. The molecule has 0 spiro atoms. The van der Waals surface area contributed by atoms with Gasteiger partial charge in [-0.15, -0.1) is 0 Å². The average Bonchev–Trinajstić information content (AvgIpc) is 2.33. The second-order valence-corrected chi connectivity index (χ2v) is 5.74. The Morgan fingerprint density at radius 2 is 1.82 bits per heavy atom. The zero-order valence-corrected chi connectivity index (χ0v) is 11.4. The molecule has 1 aromatic carbocycles. The van der Waals surface area contributed by atoms with Crippen molar-refractivity contribution >= 4 is 0 Å². The van der Waals surface area contributed by atoms with Gasteiger partial charge in [0.15, 0.2) is 0 Å². The Balaban J connectivity index is 1.87. The number of hydrogen-bond donors (Lipinski definition) is 1. The van der Waals surface area contributed by atoms with Crippen molar-refractivity contribution in [2.75, 3.05) is 0 Å². The second kappa shape index (κ2) is 5.68. The molecule has 0 aromatic heterocycles. The van der Waals surface area contributed by atoms with E-state index in [2.05, 4.69) is 50.4 Å². The normalized spacial score (nSPS) is 29.2. The first-order chi connectivity index (χ1) is 8.16. The van der Waals surface area contributed by atoms with Crippen molar-refractivity contribution in [2.45, 2.75) is 52.6 Å². The summed E-state index contributed by atoms with van der Waals surface area (Å²) in [6.45, 7) is 7.95. The zero-order chi connectivity index (χ0) is 12.3. The van der Waals surface area contributed by atoms with Gasteiger partial charge in [0.05, 0.1) is 0 Å². The van der Waals surface area contributed by atoms with Crippen molar-refractivity contribution < 1.29 is 0 Å². The molecular weight excluding hydrogens is 206 g/mol. The molecule has 0 aliphatic heterocycles. The summed E-state index contributed by atoms with van der Waals surface area (Å²) in [5.74, 6) is 1.69. The lowest BCUT2D eigenvalue weighted by Crippen LogP contribution is -2.40. The van der Waals surface area contributed by atoms with Crippen molar-refractivity contribution in [3.8, 4) is 0 Å². The van der Waals surface area contributed by atoms with Crippen LogP contribution in [0.4, 0.5) is 0 Å². The largest absolute Gasteiger partial charge is 0.310 e. The minimum Gasteiger partial charge on any atom is -0.310 e. The number of hydrogen-bond acceptors (Lipinski definition) is 1. The smallest absolute Gasteiger partial charge is 0.0208 e. The van der Waals surface area contributed by atoms with Gasteiger partial charge in [0.1, 0.15) is 0 Å². The van der Waals surface area contributed by atoms with E-state index in [1.807, 2.05) is 0 Å². The maximum Gasteiger partial charge on any atom is 0.0208 e. The fourth-order valence-electron chi connectivity index (χ4n) is 2.82. The Kier molecular flexibility index (Phi) is 4.22. The maximum atomic E-state index is 3.74. The summed E-state index contributed by atoms with van der Waals surface area (Å²) in [5, 5.41) is 3.74. The number of aryl methyl sites for hydroxylation is 1. The van der Waals surface area contributed by atoms with Gasteiger partial charge in [0.25, 0.3) is 0 Å². The monoisotopic (exact) mass is 231 g/mol. The molecule has 1 aliphatic carbocycles. The first-order valence-electron chi connectivity index (χ1n) is 6.96. The first kappa shape index (κ1) is 12.6. The van der Waals surface area contributed by atoms with E-state index in [1.165, 1.54) is 30.4 Å². The molecule has 1 saturated carbocycles. The minimum atomic E-state index is 0.708. The third-order valence-corrected chi connectivity index (χ3v) is 4.40. The Morgan fingerprint density at radius 1 is 1.12 bits per heavy atom. The molecule has 3 unspecified atom stereocenters. The molecule has 1 fully saturated rings. The maximum absolute atomic E-state index is 3.74. The summed E-state index contributed by atoms with van der Waals surface area (Å²) in [7, 11) is 0. The van der Waals surface area contributed by atoms with Crippen molar-refractivity contribution in [3.05, 3.63) is 35.4 Å². The summed E-state index contributed by atoms with van der Waals surface area (Å²) in [4.78, 5) is 0. The SMILES string of the molecule is Cc1ccc(CNC2CCCC(C)C2C)cc1. The lowest BCUT2D eigenvalue weighted by Gasteiger charge is -2.34. The van der Waals surface area contributed by atoms with Crippen LogP contribution in [0, 0.1) is 18.8 Å². The van der Waals surface area contributed by atoms with Crippen LogP contribution in [-0.4, -0.2) is 6.04 Å². The second-order valence-electron chi connectivity index (χ2n) is 5.74. The van der Waals surface area contributed by atoms with Crippen molar-refractivity contribution in [2.24, 2.45) is 11.8 Å². The lowest BCUT2D eigenvalue weighted by atomic mass is 9.78. The summed E-state index contributed by atoms with van der Waals surface area (Å²) in [5.41, 5.74) is 2.74. The molecule has 0 saturated heterocycles. The highest BCUT2D eigenvalue weighted by Gasteiger charge is 2.26. The highest BCUT2D eigenvalue weighted by molar-refractivity contribution is 5.21. The van der Waals surface area contributed by atoms with Gasteiger partial charge in [-0.2, -0.15) is 0 Å². The van der Waals surface area contributed by atoms with Crippen molar-refractivity contribution in [1.82, 2.24) is 5.32 Å². The van der Waals surface area contributed by atoms with Gasteiger partial charge in [0, 0.05) is 12.6 Å². The van der Waals surface area contributed by atoms with Crippen LogP contribution >= 0.6 is 0 Å². The van der Waals surface area contributed by atoms with Crippen LogP contribution in [0.5, 0.6) is 0 Å². The predicted molar refractivity (Wildman–Crippen MR) is 74.0 cm³/mol. The highest BCUT2D eigenvalue weighted by atomic mass is 14.9. The van der Waals surface area contributed by atoms with E-state index in [4.69, 9.17) is 0 Å². The fourth-order valence-corrected chi connectivity index (χ4v) is 2.82. The molecule has 2 rings (SSSR count). The van der Waals surface area contributed by atoms with Crippen LogP contribution in [-0.2, 0) is 6.54 Å². The Morgan fingerprint density at radius 3 is 2.53 bits per heavy atom. The van der Waals surface area contributed by atoms with Crippen LogP contribution in [0.25, 0.3) is 0 Å². The van der Waals surface area contributed by atoms with Crippen molar-refractivity contribution in [3.63, 3.8) is 0 Å². The van der Waals surface area contributed by atoms with Gasteiger partial charge in [-0.3, -0.25) is 0 Å². The number of nitrogens with one attached hydrogen (secondary N) is 1. The first-order valence-corrected chi connectivity index (χ1v) is 6.96. The van der Waals surface area contributed by atoms with E-state index in [0.717, 1.165) is 18.4 Å². The molecule has 1 N–H and O–H groups in total. The van der Waals surface area contributed by atoms with Crippen LogP contribution in [0.3, 0.4) is 0 Å². The standard InChI is InChI=1S/C16H25N/c1-12-7-9-15(10-8-12)11-17-16-6-4-5-13(2)14(16)3/h7-10,13-14,16-17H,4-6,11H2,1-3H3. The number of rotatable bonds is 3. The molecule has 1 nitrogen and oxygen atoms in total. The topological polar surface area (TPSA) is 12.0 Å². The van der Waals surface area contributed by atoms with Gasteiger partial charge in [-0.25, -0.2) is 0 Å². The van der Waals surface area contributed by atoms with E-state index < -0.39 is 0 Å². The van der Waals surface area contributed by atoms with Crippen LogP contribution in [0.1, 0.15) is 44.2 Å². The van der Waals surface area contributed by atoms with E-state index in [9.17, 15) is 0 Å². The zero-order valence-electron chi connectivity index (χ0n) is 11.4. The van der Waals surface area contributed by atoms with Gasteiger partial charge in [0.2, 0.25) is 0 Å². The van der Waals surface area contributed by atoms with Crippen LogP contribution in [0.15, 0.2) is 24.3 Å². The fraction of sp³-hybridized carbons (Fsp3) is 0.625. The lowest BCUT2D eigenvalue weighted by molar-refractivity contribution is 0.206. The molecule has 1 heteroatoms. The molecule has 94 valence electrons. The Labute approximate surface area is 106 Å². The molecule has 1 aliphatic rings. The summed E-state index contributed by atoms with van der Waals surface area (Å²) < 4.78 is 0. The van der Waals surface area contributed by atoms with Crippen LogP contribution < -0.4 is 5.32 Å². The molecule has 0 bridgehead atoms. The molecule has 1 aromatic rings. The predicted octanol–water partition coefficient (Wildman–Crippen LogP) is 3.91. The third kappa shape index (κ3) is 3.32. The Bertz CT molecular complexity index is 341. The highest BCUT2D eigenvalue weighted by Crippen LogP contribution is 2.29. The molecule has 0 radical (unpaired) electrons. The molecule has 17 heavy (non-hydrogen) atoms. The molecular formula is C16H25N. The van der Waals surface area contributed by atoms with E-state index in [-0.39, 0.29) is 0 Å². The quantitative estimate of drug-likeness (QED) is 0.831. The van der Waals surface area contributed by atoms with E-state index >= 15 is 0 Å². The van der Waals surface area contributed by atoms with Gasteiger partial charge < -0.3 is 5.32 Å². The van der Waals surface area contributed by atoms with Crippen LogP contribution in [0.2, 0.25) is 0 Å². The molecule has 3 atom stereocenters. The average molecular weight is 231 g/mol. The van der Waals surface area contributed by atoms with Crippen molar-refractivity contribution in [1.29, 1.82) is 0 Å². The van der Waals surface area contributed by atoms with E-state index in [0.29, 0.717) is 6.04 Å². The minimum absolute atomic E-state index is 0.708. The third-order valence-electron chi connectivity index (χ3n) is 4.40. The van der Waals surface area contributed by atoms with Gasteiger partial charge >= 0.3 is 0 Å². The summed E-state index contributed by atoms with van der Waals surface area (Å²) >= 11 is 0. The van der Waals surface area contributed by atoms with Gasteiger partial charge in [-0.05, 0) is 30.7 Å². The van der Waals surface area contributed by atoms with E-state index in [1.54, 1.807) is 0 Å². The summed E-state index contributed by atoms with van der Waals surface area (Å²) in [6, 6.07) is 9.58. The summed E-state index contributed by atoms with van der Waals surface area (Å²) in [6.07, 6.45) is 4.14. The Hall–Kier alpha value is -0.820.